The van der Waals surface area contributed by atoms with Crippen molar-refractivity contribution in [3.8, 4) is 0 Å². The van der Waals surface area contributed by atoms with Crippen LogP contribution in [0.25, 0.3) is 0 Å². The van der Waals surface area contributed by atoms with E-state index in [4.69, 9.17) is 0 Å². The molecule has 1 aromatic rings. The van der Waals surface area contributed by atoms with Gasteiger partial charge in [-0.25, -0.2) is 4.98 Å². The van der Waals surface area contributed by atoms with E-state index < -0.39 is 0 Å². The number of anilines is 1. The lowest BCUT2D eigenvalue weighted by Gasteiger charge is -2.35. The predicted octanol–water partition coefficient (Wildman–Crippen LogP) is 2.24. The zero-order chi connectivity index (χ0) is 16.2. The molecule has 0 saturated carbocycles. The third-order valence-electron chi connectivity index (χ3n) is 5.23. The summed E-state index contributed by atoms with van der Waals surface area (Å²) in [5.41, 5.74) is 0.766. The average Bonchev–Trinajstić information content (AvgIpc) is 2.62. The summed E-state index contributed by atoms with van der Waals surface area (Å²) >= 11 is 0. The third-order valence-corrected chi connectivity index (χ3v) is 5.23. The second-order valence-corrected chi connectivity index (χ2v) is 6.90. The normalized spacial score (nSPS) is 20.5. The van der Waals surface area contributed by atoms with Crippen molar-refractivity contribution in [1.82, 2.24) is 14.8 Å². The molecule has 0 spiro atoms. The maximum atomic E-state index is 12.8. The highest BCUT2D eigenvalue weighted by atomic mass is 16.2. The van der Waals surface area contributed by atoms with E-state index in [0.717, 1.165) is 50.4 Å². The van der Waals surface area contributed by atoms with Gasteiger partial charge in [0, 0.05) is 37.9 Å². The molecule has 0 atom stereocenters. The fourth-order valence-electron chi connectivity index (χ4n) is 3.60. The maximum Gasteiger partial charge on any atom is 0.254 e. The van der Waals surface area contributed by atoms with Gasteiger partial charge in [-0.3, -0.25) is 4.79 Å². The number of aromatic nitrogens is 1. The summed E-state index contributed by atoms with van der Waals surface area (Å²) in [4.78, 5) is 23.9. The topological polar surface area (TPSA) is 39.7 Å². The van der Waals surface area contributed by atoms with Gasteiger partial charge in [0.2, 0.25) is 0 Å². The SMILES string of the molecule is CN1CCC(N(C)C(=O)c2ccnc(N3CCCCC3)c2)CC1. The van der Waals surface area contributed by atoms with Gasteiger partial charge < -0.3 is 14.7 Å². The van der Waals surface area contributed by atoms with Gasteiger partial charge in [0.25, 0.3) is 5.91 Å². The van der Waals surface area contributed by atoms with Crippen molar-refractivity contribution in [2.45, 2.75) is 38.1 Å². The van der Waals surface area contributed by atoms with Gasteiger partial charge in [0.1, 0.15) is 5.82 Å². The molecule has 3 rings (SSSR count). The maximum absolute atomic E-state index is 12.8. The molecule has 2 fully saturated rings. The number of carbonyl (C=O) groups is 1. The molecule has 1 amide bonds. The second kappa shape index (κ2) is 7.30. The monoisotopic (exact) mass is 316 g/mol. The number of likely N-dealkylation sites (tertiary alicyclic amines) is 1. The van der Waals surface area contributed by atoms with Gasteiger partial charge in [0.05, 0.1) is 0 Å². The highest BCUT2D eigenvalue weighted by Gasteiger charge is 2.25. The van der Waals surface area contributed by atoms with Gasteiger partial charge in [-0.2, -0.15) is 0 Å². The Hall–Kier alpha value is -1.62. The summed E-state index contributed by atoms with van der Waals surface area (Å²) in [5.74, 6) is 1.08. The highest BCUT2D eigenvalue weighted by molar-refractivity contribution is 5.94. The smallest absolute Gasteiger partial charge is 0.254 e. The van der Waals surface area contributed by atoms with Gasteiger partial charge in [-0.1, -0.05) is 0 Å². The second-order valence-electron chi connectivity index (χ2n) is 6.90. The number of pyridine rings is 1. The van der Waals surface area contributed by atoms with Crippen LogP contribution in [0.1, 0.15) is 42.5 Å². The van der Waals surface area contributed by atoms with Crippen molar-refractivity contribution < 1.29 is 4.79 Å². The van der Waals surface area contributed by atoms with Gasteiger partial charge in [-0.05, 0) is 64.4 Å². The lowest BCUT2D eigenvalue weighted by molar-refractivity contribution is 0.0659. The zero-order valence-corrected chi connectivity index (χ0v) is 14.4. The van der Waals surface area contributed by atoms with Crippen LogP contribution in [0.5, 0.6) is 0 Å². The Labute approximate surface area is 139 Å². The van der Waals surface area contributed by atoms with Gasteiger partial charge >= 0.3 is 0 Å². The Bertz CT molecular complexity index is 534. The molecule has 0 aromatic carbocycles. The summed E-state index contributed by atoms with van der Waals surface area (Å²) in [5, 5.41) is 0. The quantitative estimate of drug-likeness (QED) is 0.857. The first-order valence-corrected chi connectivity index (χ1v) is 8.82. The predicted molar refractivity (Wildman–Crippen MR) is 92.9 cm³/mol. The molecule has 1 aromatic heterocycles. The van der Waals surface area contributed by atoms with Crippen LogP contribution in [0, 0.1) is 0 Å². The van der Waals surface area contributed by atoms with Crippen LogP contribution in [0.15, 0.2) is 18.3 Å². The summed E-state index contributed by atoms with van der Waals surface area (Å²) in [7, 11) is 4.09. The van der Waals surface area contributed by atoms with E-state index in [2.05, 4.69) is 21.8 Å². The first kappa shape index (κ1) is 16.2. The molecule has 2 aliphatic rings. The van der Waals surface area contributed by atoms with Crippen LogP contribution < -0.4 is 4.90 Å². The molecular formula is C18H28N4O. The third kappa shape index (κ3) is 3.83. The number of hydrogen-bond donors (Lipinski definition) is 0. The zero-order valence-electron chi connectivity index (χ0n) is 14.4. The van der Waals surface area contributed by atoms with E-state index in [1.165, 1.54) is 19.3 Å². The van der Waals surface area contributed by atoms with Crippen LogP contribution in [-0.4, -0.2) is 67.0 Å². The van der Waals surface area contributed by atoms with Crippen molar-refractivity contribution in [2.24, 2.45) is 0 Å². The Morgan fingerprint density at radius 1 is 1.17 bits per heavy atom. The van der Waals surface area contributed by atoms with Crippen LogP contribution in [-0.2, 0) is 0 Å². The van der Waals surface area contributed by atoms with Crippen LogP contribution in [0.2, 0.25) is 0 Å². The van der Waals surface area contributed by atoms with Crippen molar-refractivity contribution in [2.75, 3.05) is 45.2 Å². The first-order chi connectivity index (χ1) is 11.1. The van der Waals surface area contributed by atoms with Gasteiger partial charge in [-0.15, -0.1) is 0 Å². The molecule has 5 heteroatoms. The standard InChI is InChI=1S/C18H28N4O/c1-20-12-7-16(8-13-20)21(2)18(23)15-6-9-19-17(14-15)22-10-4-3-5-11-22/h6,9,14,16H,3-5,7-8,10-13H2,1-2H3. The minimum atomic E-state index is 0.125. The van der Waals surface area contributed by atoms with Crippen LogP contribution in [0.3, 0.4) is 0 Å². The number of nitrogens with zero attached hydrogens (tertiary/aromatic N) is 4. The van der Waals surface area contributed by atoms with Crippen molar-refractivity contribution >= 4 is 11.7 Å². The highest BCUT2D eigenvalue weighted by Crippen LogP contribution is 2.21. The first-order valence-electron chi connectivity index (χ1n) is 8.82. The summed E-state index contributed by atoms with van der Waals surface area (Å²) in [6, 6.07) is 4.17. The van der Waals surface area contributed by atoms with Crippen molar-refractivity contribution in [3.63, 3.8) is 0 Å². The molecule has 0 unspecified atom stereocenters. The molecule has 0 N–H and O–H groups in total. The lowest BCUT2D eigenvalue weighted by atomic mass is 10.0. The molecule has 0 bridgehead atoms. The van der Waals surface area contributed by atoms with E-state index in [9.17, 15) is 4.79 Å². The van der Waals surface area contributed by atoms with E-state index in [1.54, 1.807) is 6.20 Å². The number of rotatable bonds is 3. The molecule has 5 nitrogen and oxygen atoms in total. The molecule has 0 aliphatic carbocycles. The number of carbonyl (C=O) groups excluding carboxylic acids is 1. The Kier molecular flexibility index (Phi) is 5.16. The average molecular weight is 316 g/mol. The van der Waals surface area contributed by atoms with E-state index >= 15 is 0 Å². The Morgan fingerprint density at radius 3 is 2.57 bits per heavy atom. The van der Waals surface area contributed by atoms with E-state index in [1.807, 2.05) is 24.1 Å². The fraction of sp³-hybridized carbons (Fsp3) is 0.667. The minimum absolute atomic E-state index is 0.125. The molecule has 2 aliphatic heterocycles. The minimum Gasteiger partial charge on any atom is -0.357 e. The number of piperidine rings is 2. The van der Waals surface area contributed by atoms with Crippen molar-refractivity contribution in [1.29, 1.82) is 0 Å². The van der Waals surface area contributed by atoms with E-state index in [-0.39, 0.29) is 5.91 Å². The fourth-order valence-corrected chi connectivity index (χ4v) is 3.60. The Balaban J connectivity index is 1.69. The largest absolute Gasteiger partial charge is 0.357 e. The Morgan fingerprint density at radius 2 is 1.87 bits per heavy atom. The van der Waals surface area contributed by atoms with Crippen LogP contribution in [0.4, 0.5) is 5.82 Å². The molecule has 3 heterocycles. The lowest BCUT2D eigenvalue weighted by Crippen LogP contribution is -2.44. The number of amides is 1. The molecule has 126 valence electrons. The summed E-state index contributed by atoms with van der Waals surface area (Å²) in [6.45, 7) is 4.24. The summed E-state index contributed by atoms with van der Waals surface area (Å²) in [6.07, 6.45) is 7.63. The van der Waals surface area contributed by atoms with E-state index in [0.29, 0.717) is 6.04 Å². The van der Waals surface area contributed by atoms with Crippen LogP contribution >= 0.6 is 0 Å². The van der Waals surface area contributed by atoms with Crippen molar-refractivity contribution in [3.05, 3.63) is 23.9 Å². The molecule has 0 radical (unpaired) electrons. The molecular weight excluding hydrogens is 288 g/mol. The molecule has 2 saturated heterocycles. The molecule has 23 heavy (non-hydrogen) atoms. The van der Waals surface area contributed by atoms with Gasteiger partial charge in [0.15, 0.2) is 0 Å². The summed E-state index contributed by atoms with van der Waals surface area (Å²) < 4.78 is 0. The number of hydrogen-bond acceptors (Lipinski definition) is 4.